The van der Waals surface area contributed by atoms with Gasteiger partial charge in [-0.3, -0.25) is 12.9 Å². The van der Waals surface area contributed by atoms with E-state index in [4.69, 9.17) is 10.00 Å². The number of imidazole rings is 1. The first-order valence-corrected chi connectivity index (χ1v) is 7.21. The largest absolute Gasteiger partial charge is 0.475 e. The Morgan fingerprint density at radius 1 is 1.57 bits per heavy atom. The normalized spacial score (nSPS) is 10.6. The van der Waals surface area contributed by atoms with Crippen molar-refractivity contribution in [3.05, 3.63) is 6.33 Å². The van der Waals surface area contributed by atoms with Gasteiger partial charge in [0.15, 0.2) is 11.2 Å². The van der Waals surface area contributed by atoms with E-state index >= 15 is 0 Å². The van der Waals surface area contributed by atoms with Gasteiger partial charge in [-0.25, -0.2) is 4.98 Å². The summed E-state index contributed by atoms with van der Waals surface area (Å²) in [5.41, 5.74) is 1.03. The molecule has 0 saturated carbocycles. The molecule has 0 aromatic carbocycles. The summed E-state index contributed by atoms with van der Waals surface area (Å²) in [4.78, 5) is 24.3. The van der Waals surface area contributed by atoms with Crippen LogP contribution < -0.4 is 10.1 Å². The lowest BCUT2D eigenvalue weighted by atomic mass is 10.2. The van der Waals surface area contributed by atoms with E-state index in [1.54, 1.807) is 23.0 Å². The second-order valence-corrected chi connectivity index (χ2v) is 5.52. The van der Waals surface area contributed by atoms with Crippen LogP contribution in [0.5, 0.6) is 5.88 Å². The van der Waals surface area contributed by atoms with Crippen LogP contribution in [0, 0.1) is 17.2 Å². The number of fused-ring (bicyclic) bond motifs is 1. The van der Waals surface area contributed by atoms with Gasteiger partial charge in [0.05, 0.1) is 35.4 Å². The monoisotopic (exact) mass is 400 g/mol. The molecule has 0 bridgehead atoms. The summed E-state index contributed by atoms with van der Waals surface area (Å²) in [6.07, 6.45) is 1.81. The molecule has 0 unspecified atom stereocenters. The van der Waals surface area contributed by atoms with Gasteiger partial charge in [-0.2, -0.15) is 15.2 Å². The lowest BCUT2D eigenvalue weighted by Gasteiger charge is -2.09. The van der Waals surface area contributed by atoms with Gasteiger partial charge in [-0.1, -0.05) is 13.8 Å². The summed E-state index contributed by atoms with van der Waals surface area (Å²) in [5.74, 6) is 0.0462. The van der Waals surface area contributed by atoms with E-state index in [-0.39, 0.29) is 36.7 Å². The minimum atomic E-state index is -0.184. The maximum absolute atomic E-state index is 11.7. The fraction of sp³-hybridized carbons (Fsp3) is 0.417. The molecule has 0 saturated heterocycles. The molecule has 0 aliphatic rings. The van der Waals surface area contributed by atoms with E-state index in [0.29, 0.717) is 11.2 Å². The number of hydrogen-bond donors (Lipinski definition) is 1. The molecule has 2 rings (SSSR count). The molecule has 1 amide bonds. The van der Waals surface area contributed by atoms with Crippen LogP contribution in [0.25, 0.3) is 11.2 Å². The van der Waals surface area contributed by atoms with Crippen LogP contribution >= 0.6 is 22.9 Å². The first kappa shape index (κ1) is 15.4. The van der Waals surface area contributed by atoms with Gasteiger partial charge in [-0.15, -0.1) is 0 Å². The third-order valence-corrected chi connectivity index (χ3v) is 3.24. The van der Waals surface area contributed by atoms with Crippen LogP contribution in [-0.2, 0) is 4.79 Å². The molecule has 9 heteroatoms. The topological polar surface area (TPSA) is 106 Å². The first-order chi connectivity index (χ1) is 10.0. The second-order valence-electron chi connectivity index (χ2n) is 4.48. The van der Waals surface area contributed by atoms with Crippen molar-refractivity contribution in [3.8, 4) is 11.9 Å². The number of halogens is 1. The smallest absolute Gasteiger partial charge is 0.247 e. The average Bonchev–Trinajstić information content (AvgIpc) is 2.81. The Balaban J connectivity index is 2.36. The van der Waals surface area contributed by atoms with Crippen LogP contribution in [0.2, 0.25) is 0 Å². The van der Waals surface area contributed by atoms with Crippen LogP contribution in [-0.4, -0.2) is 30.2 Å². The highest BCUT2D eigenvalue weighted by molar-refractivity contribution is 14.1. The quantitative estimate of drug-likeness (QED) is 0.607. The van der Waals surface area contributed by atoms with Gasteiger partial charge >= 0.3 is 0 Å². The molecular formula is C12H13IN6O2. The molecule has 0 spiro atoms. The summed E-state index contributed by atoms with van der Waals surface area (Å²) in [6.45, 7) is 3.76. The Kier molecular flexibility index (Phi) is 4.89. The molecule has 0 radical (unpaired) electrons. The summed E-state index contributed by atoms with van der Waals surface area (Å²) in [7, 11) is 0. The van der Waals surface area contributed by atoms with Crippen LogP contribution in [0.4, 0.5) is 5.95 Å². The van der Waals surface area contributed by atoms with Crippen molar-refractivity contribution in [2.75, 3.05) is 11.9 Å². The molecule has 0 aliphatic carbocycles. The van der Waals surface area contributed by atoms with Gasteiger partial charge in [0.2, 0.25) is 17.7 Å². The van der Waals surface area contributed by atoms with Gasteiger partial charge in [0.1, 0.15) is 12.9 Å². The Morgan fingerprint density at radius 2 is 2.33 bits per heavy atom. The maximum atomic E-state index is 11.7. The van der Waals surface area contributed by atoms with Crippen LogP contribution in [0.3, 0.4) is 0 Å². The molecule has 2 aromatic heterocycles. The van der Waals surface area contributed by atoms with Gasteiger partial charge in [-0.05, 0) is 0 Å². The lowest BCUT2D eigenvalue weighted by Crippen LogP contribution is -2.19. The van der Waals surface area contributed by atoms with E-state index < -0.39 is 0 Å². The molecule has 0 fully saturated rings. The summed E-state index contributed by atoms with van der Waals surface area (Å²) in [6, 6.07) is 1.99. The van der Waals surface area contributed by atoms with Crippen molar-refractivity contribution in [2.24, 2.45) is 5.92 Å². The number of nitriles is 1. The molecule has 8 nitrogen and oxygen atoms in total. The molecule has 2 heterocycles. The predicted octanol–water partition coefficient (Wildman–Crippen LogP) is 1.91. The Morgan fingerprint density at radius 3 is 3.00 bits per heavy atom. The minimum Gasteiger partial charge on any atom is -0.475 e. The SMILES string of the molecule is CC(C)C(=O)Nc1nc(OCCC#N)c2ncn(I)c2n1. The maximum Gasteiger partial charge on any atom is 0.247 e. The van der Waals surface area contributed by atoms with E-state index in [1.807, 2.05) is 28.9 Å². The molecule has 0 aliphatic heterocycles. The highest BCUT2D eigenvalue weighted by Gasteiger charge is 2.16. The number of nitrogens with zero attached hydrogens (tertiary/aromatic N) is 5. The third kappa shape index (κ3) is 3.57. The fourth-order valence-corrected chi connectivity index (χ4v) is 1.91. The number of nitrogens with one attached hydrogen (secondary N) is 1. The summed E-state index contributed by atoms with van der Waals surface area (Å²) >= 11 is 2.02. The first-order valence-electron chi connectivity index (χ1n) is 6.24. The van der Waals surface area contributed by atoms with Gasteiger partial charge < -0.3 is 4.74 Å². The van der Waals surface area contributed by atoms with Gasteiger partial charge in [0.25, 0.3) is 0 Å². The lowest BCUT2D eigenvalue weighted by molar-refractivity contribution is -0.118. The zero-order valence-corrected chi connectivity index (χ0v) is 13.7. The third-order valence-electron chi connectivity index (χ3n) is 2.54. The number of carbonyl (C=O) groups is 1. The number of hydrogen-bond acceptors (Lipinski definition) is 6. The van der Waals surface area contributed by atoms with E-state index in [1.165, 1.54) is 0 Å². The van der Waals surface area contributed by atoms with Gasteiger partial charge in [0, 0.05) is 5.92 Å². The minimum absolute atomic E-state index is 0.159. The fourth-order valence-electron chi connectivity index (χ4n) is 1.45. The number of aromatic nitrogens is 4. The van der Waals surface area contributed by atoms with Crippen LogP contribution in [0.1, 0.15) is 20.3 Å². The van der Waals surface area contributed by atoms with Crippen molar-refractivity contribution < 1.29 is 9.53 Å². The van der Waals surface area contributed by atoms with Crippen LogP contribution in [0.15, 0.2) is 6.33 Å². The molecule has 2 aromatic rings. The van der Waals surface area contributed by atoms with E-state index in [0.717, 1.165) is 0 Å². The molecular weight excluding hydrogens is 387 g/mol. The Hall–Kier alpha value is -1.96. The van der Waals surface area contributed by atoms with Crippen molar-refractivity contribution in [2.45, 2.75) is 20.3 Å². The molecule has 110 valence electrons. The van der Waals surface area contributed by atoms with Crippen molar-refractivity contribution in [3.63, 3.8) is 0 Å². The molecule has 0 atom stereocenters. The highest BCUT2D eigenvalue weighted by atomic mass is 127. The zero-order valence-electron chi connectivity index (χ0n) is 11.5. The number of ether oxygens (including phenoxy) is 1. The predicted molar refractivity (Wildman–Crippen MR) is 83.9 cm³/mol. The van der Waals surface area contributed by atoms with E-state index in [9.17, 15) is 4.79 Å². The summed E-state index contributed by atoms with van der Waals surface area (Å²) in [5, 5.41) is 11.2. The molecule has 21 heavy (non-hydrogen) atoms. The summed E-state index contributed by atoms with van der Waals surface area (Å²) < 4.78 is 7.13. The van der Waals surface area contributed by atoms with Crippen molar-refractivity contribution in [1.29, 1.82) is 5.26 Å². The van der Waals surface area contributed by atoms with E-state index in [2.05, 4.69) is 20.3 Å². The Labute approximate surface area is 135 Å². The Bertz CT molecular complexity index is 706. The zero-order chi connectivity index (χ0) is 15.4. The number of amides is 1. The second kappa shape index (κ2) is 6.66. The average molecular weight is 400 g/mol. The van der Waals surface area contributed by atoms with Crippen molar-refractivity contribution in [1.82, 2.24) is 17.7 Å². The standard InChI is InChI=1S/C12H13IN6O2/c1-7(2)10(20)17-12-16-9-8(15-6-19(9)13)11(18-12)21-5-3-4-14/h6-7H,3,5H2,1-2H3,(H,16,17,18,20). The highest BCUT2D eigenvalue weighted by Crippen LogP contribution is 2.24. The van der Waals surface area contributed by atoms with Crippen molar-refractivity contribution >= 4 is 45.9 Å². The number of carbonyl (C=O) groups excluding carboxylic acids is 1. The number of anilines is 1. The molecule has 1 N–H and O–H groups in total. The number of rotatable bonds is 5.